The average Bonchev–Trinajstić information content (AvgIpc) is 2.73. The van der Waals surface area contributed by atoms with Crippen LogP contribution in [0.3, 0.4) is 0 Å². The first-order valence-corrected chi connectivity index (χ1v) is 10.7. The van der Waals surface area contributed by atoms with Gasteiger partial charge in [0.2, 0.25) is 0 Å². The highest BCUT2D eigenvalue weighted by Gasteiger charge is 2.27. The molecule has 0 bridgehead atoms. The van der Waals surface area contributed by atoms with Gasteiger partial charge in [-0.1, -0.05) is 26.0 Å². The van der Waals surface area contributed by atoms with Crippen LogP contribution >= 0.6 is 0 Å². The van der Waals surface area contributed by atoms with Gasteiger partial charge >= 0.3 is 5.97 Å². The molecule has 2 aromatic rings. The number of methoxy groups -OCH3 is 1. The van der Waals surface area contributed by atoms with E-state index >= 15 is 0 Å². The van der Waals surface area contributed by atoms with Gasteiger partial charge in [0, 0.05) is 38.2 Å². The molecule has 166 valence electrons. The molecule has 0 spiro atoms. The topological polar surface area (TPSA) is 98.5 Å². The Bertz CT molecular complexity index is 950. The van der Waals surface area contributed by atoms with E-state index in [-0.39, 0.29) is 11.6 Å². The number of carboxylic acid groups (broad SMARTS) is 1. The van der Waals surface area contributed by atoms with Gasteiger partial charge < -0.3 is 25.5 Å². The van der Waals surface area contributed by atoms with Gasteiger partial charge in [-0.2, -0.15) is 0 Å². The molecule has 0 atom stereocenters. The number of hydrogen-bond acceptors (Lipinski definition) is 6. The molecule has 7 heteroatoms. The first kappa shape index (κ1) is 22.7. The monoisotopic (exact) mass is 424 g/mol. The smallest absolute Gasteiger partial charge is 0.354 e. The second-order valence-electron chi connectivity index (χ2n) is 8.50. The molecule has 1 saturated heterocycles. The fraction of sp³-hybridized carbons (Fsp3) is 0.458. The Labute approximate surface area is 184 Å². The summed E-state index contributed by atoms with van der Waals surface area (Å²) in [7, 11) is 1.72. The number of piperidine rings is 1. The summed E-state index contributed by atoms with van der Waals surface area (Å²) < 4.78 is 5.31. The molecule has 0 aliphatic carbocycles. The molecule has 0 saturated carbocycles. The zero-order valence-corrected chi connectivity index (χ0v) is 18.7. The molecule has 1 aromatic heterocycles. The molecule has 3 rings (SSSR count). The summed E-state index contributed by atoms with van der Waals surface area (Å²) >= 11 is 0. The summed E-state index contributed by atoms with van der Waals surface area (Å²) in [5.74, 6) is -0.191. The van der Waals surface area contributed by atoms with Crippen LogP contribution < -0.4 is 10.2 Å². The molecule has 1 fully saturated rings. The van der Waals surface area contributed by atoms with Crippen molar-refractivity contribution in [1.82, 2.24) is 4.98 Å². The van der Waals surface area contributed by atoms with E-state index in [1.807, 2.05) is 45.0 Å². The Kier molecular flexibility index (Phi) is 7.28. The molecule has 1 aliphatic heterocycles. The number of ether oxygens (including phenoxy) is 1. The number of hydrogen-bond donors (Lipinski definition) is 3. The van der Waals surface area contributed by atoms with E-state index in [1.54, 1.807) is 13.2 Å². The Morgan fingerprint density at radius 1 is 1.32 bits per heavy atom. The van der Waals surface area contributed by atoms with Crippen LogP contribution in [0.15, 0.2) is 30.3 Å². The molecule has 0 radical (unpaired) electrons. The van der Waals surface area contributed by atoms with E-state index in [2.05, 4.69) is 15.2 Å². The van der Waals surface area contributed by atoms with E-state index in [1.165, 1.54) is 0 Å². The van der Waals surface area contributed by atoms with Crippen molar-refractivity contribution in [2.75, 3.05) is 37.0 Å². The maximum absolute atomic E-state index is 11.9. The minimum atomic E-state index is -1.08. The molecule has 1 aliphatic rings. The highest BCUT2D eigenvalue weighted by atomic mass is 16.5. The first-order valence-electron chi connectivity index (χ1n) is 10.7. The number of carbonyl (C=O) groups is 1. The first-order chi connectivity index (χ1) is 14.8. The predicted molar refractivity (Wildman–Crippen MR) is 124 cm³/mol. The molecular formula is C24H32N4O3. The Morgan fingerprint density at radius 3 is 2.61 bits per heavy atom. The fourth-order valence-electron chi connectivity index (χ4n) is 3.97. The van der Waals surface area contributed by atoms with Crippen molar-refractivity contribution in [3.63, 3.8) is 0 Å². The van der Waals surface area contributed by atoms with Crippen molar-refractivity contribution in [2.24, 2.45) is 11.8 Å². The lowest BCUT2D eigenvalue weighted by molar-refractivity contribution is 0.0690. The molecule has 3 N–H and O–H groups in total. The van der Waals surface area contributed by atoms with Gasteiger partial charge in [0.05, 0.1) is 11.3 Å². The van der Waals surface area contributed by atoms with E-state index < -0.39 is 5.97 Å². The van der Waals surface area contributed by atoms with Gasteiger partial charge in [-0.15, -0.1) is 0 Å². The van der Waals surface area contributed by atoms with Crippen LogP contribution in [-0.4, -0.2) is 48.6 Å². The van der Waals surface area contributed by atoms with Crippen LogP contribution in [0.25, 0.3) is 0 Å². The highest BCUT2D eigenvalue weighted by Crippen LogP contribution is 2.34. The van der Waals surface area contributed by atoms with Crippen LogP contribution in [0.1, 0.15) is 48.3 Å². The summed E-state index contributed by atoms with van der Waals surface area (Å²) in [4.78, 5) is 18.5. The van der Waals surface area contributed by atoms with Gasteiger partial charge in [0.25, 0.3) is 0 Å². The number of aromatic carboxylic acids is 1. The number of aryl methyl sites for hydroxylation is 1. The Morgan fingerprint density at radius 2 is 2.03 bits per heavy atom. The molecule has 0 unspecified atom stereocenters. The lowest BCUT2D eigenvalue weighted by Gasteiger charge is -2.35. The largest absolute Gasteiger partial charge is 0.477 e. The number of anilines is 3. The zero-order chi connectivity index (χ0) is 22.5. The van der Waals surface area contributed by atoms with Crippen molar-refractivity contribution < 1.29 is 14.6 Å². The van der Waals surface area contributed by atoms with Crippen molar-refractivity contribution in [2.45, 2.75) is 33.6 Å². The quantitative estimate of drug-likeness (QED) is 0.531. The second-order valence-corrected chi connectivity index (χ2v) is 8.50. The van der Waals surface area contributed by atoms with E-state index in [0.29, 0.717) is 23.0 Å². The van der Waals surface area contributed by atoms with E-state index in [0.717, 1.165) is 49.5 Å². The van der Waals surface area contributed by atoms with Crippen molar-refractivity contribution in [3.8, 4) is 0 Å². The third-order valence-corrected chi connectivity index (χ3v) is 5.70. The number of pyridine rings is 1. The van der Waals surface area contributed by atoms with Gasteiger partial charge in [0.1, 0.15) is 5.82 Å². The summed E-state index contributed by atoms with van der Waals surface area (Å²) in [6, 6.07) is 9.45. The SMILES string of the molecule is COCC1CCN(c2cc(C(=O)O)nc(Nc3cccc(C)c3)c2C(=N)C(C)C)CC1. The van der Waals surface area contributed by atoms with Crippen LogP contribution in [0.5, 0.6) is 0 Å². The lowest BCUT2D eigenvalue weighted by Crippen LogP contribution is -2.36. The van der Waals surface area contributed by atoms with E-state index in [4.69, 9.17) is 10.1 Å². The number of rotatable bonds is 8. The maximum atomic E-state index is 11.9. The normalized spacial score (nSPS) is 14.7. The molecule has 0 amide bonds. The zero-order valence-electron chi connectivity index (χ0n) is 18.7. The van der Waals surface area contributed by atoms with Crippen LogP contribution in [0.2, 0.25) is 0 Å². The third-order valence-electron chi connectivity index (χ3n) is 5.70. The second kappa shape index (κ2) is 9.92. The minimum absolute atomic E-state index is 0.0236. The number of nitrogens with zero attached hydrogens (tertiary/aromatic N) is 2. The van der Waals surface area contributed by atoms with Gasteiger partial charge in [-0.3, -0.25) is 0 Å². The maximum Gasteiger partial charge on any atom is 0.354 e. The number of aromatic nitrogens is 1. The predicted octanol–water partition coefficient (Wildman–Crippen LogP) is 4.72. The molecular weight excluding hydrogens is 392 g/mol. The van der Waals surface area contributed by atoms with Crippen LogP contribution in [0.4, 0.5) is 17.2 Å². The van der Waals surface area contributed by atoms with Gasteiger partial charge in [-0.25, -0.2) is 9.78 Å². The molecule has 1 aromatic carbocycles. The van der Waals surface area contributed by atoms with Crippen molar-refractivity contribution in [3.05, 3.63) is 47.2 Å². The number of benzene rings is 1. The van der Waals surface area contributed by atoms with Crippen LogP contribution in [-0.2, 0) is 4.74 Å². The van der Waals surface area contributed by atoms with Crippen molar-refractivity contribution >= 4 is 28.9 Å². The van der Waals surface area contributed by atoms with Crippen LogP contribution in [0, 0.1) is 24.2 Å². The molecule has 7 nitrogen and oxygen atoms in total. The summed E-state index contributed by atoms with van der Waals surface area (Å²) in [6.07, 6.45) is 1.93. The van der Waals surface area contributed by atoms with Gasteiger partial charge in [0.15, 0.2) is 5.69 Å². The summed E-state index contributed by atoms with van der Waals surface area (Å²) in [6.45, 7) is 8.26. The summed E-state index contributed by atoms with van der Waals surface area (Å²) in [5.41, 5.74) is 3.75. The summed E-state index contributed by atoms with van der Waals surface area (Å²) in [5, 5.41) is 21.8. The standard InChI is InChI=1S/C24H32N4O3/c1-15(2)22(25)21-20(28-10-8-17(9-11-28)14-31-4)13-19(24(29)30)27-23(21)26-18-7-5-6-16(3)12-18/h5-7,12-13,15,17,25H,8-11,14H2,1-4H3,(H,26,27)(H,29,30). The molecule has 2 heterocycles. The molecule has 31 heavy (non-hydrogen) atoms. The van der Waals surface area contributed by atoms with Crippen molar-refractivity contribution in [1.29, 1.82) is 5.41 Å². The minimum Gasteiger partial charge on any atom is -0.477 e. The van der Waals surface area contributed by atoms with E-state index in [9.17, 15) is 9.90 Å². The average molecular weight is 425 g/mol. The fourth-order valence-corrected chi connectivity index (χ4v) is 3.97. The number of carboxylic acids is 1. The third kappa shape index (κ3) is 5.41. The Hall–Kier alpha value is -2.93. The van der Waals surface area contributed by atoms with Gasteiger partial charge in [-0.05, 0) is 55.4 Å². The Balaban J connectivity index is 2.08. The highest BCUT2D eigenvalue weighted by molar-refractivity contribution is 6.09. The lowest BCUT2D eigenvalue weighted by atomic mass is 9.94. The number of nitrogens with one attached hydrogen (secondary N) is 2.